The number of aromatic nitrogens is 2. The first-order valence-corrected chi connectivity index (χ1v) is 7.58. The molecule has 2 aromatic rings. The van der Waals surface area contributed by atoms with Gasteiger partial charge >= 0.3 is 0 Å². The number of imidazole rings is 1. The standard InChI is InChI=1S/C15H17ClFN3O/c1-9(16)15-19-14-11(17)3-2-4-12(14)20(15)8-7-13(21)18-10-5-6-10/h2-4,9-10H,5-8H2,1H3,(H,18,21). The van der Waals surface area contributed by atoms with E-state index in [1.165, 1.54) is 6.07 Å². The van der Waals surface area contributed by atoms with Gasteiger partial charge in [-0.25, -0.2) is 9.37 Å². The van der Waals surface area contributed by atoms with E-state index in [1.807, 2.05) is 4.57 Å². The summed E-state index contributed by atoms with van der Waals surface area (Å²) in [5.74, 6) is 0.243. The van der Waals surface area contributed by atoms with Crippen molar-refractivity contribution in [1.82, 2.24) is 14.9 Å². The van der Waals surface area contributed by atoms with Crippen LogP contribution in [0.4, 0.5) is 4.39 Å². The maximum absolute atomic E-state index is 13.8. The van der Waals surface area contributed by atoms with Gasteiger partial charge in [0.05, 0.1) is 10.9 Å². The number of hydrogen-bond donors (Lipinski definition) is 1. The molecule has 0 aliphatic heterocycles. The molecule has 1 atom stereocenters. The molecule has 6 heteroatoms. The Morgan fingerprint density at radius 3 is 3.00 bits per heavy atom. The number of fused-ring (bicyclic) bond motifs is 1. The highest BCUT2D eigenvalue weighted by Gasteiger charge is 2.23. The molecule has 1 heterocycles. The number of aryl methyl sites for hydroxylation is 1. The van der Waals surface area contributed by atoms with Crippen LogP contribution in [0, 0.1) is 5.82 Å². The van der Waals surface area contributed by atoms with Crippen LogP contribution in [0.3, 0.4) is 0 Å². The van der Waals surface area contributed by atoms with Crippen molar-refractivity contribution in [3.8, 4) is 0 Å². The van der Waals surface area contributed by atoms with E-state index < -0.39 is 0 Å². The molecule has 1 N–H and O–H groups in total. The number of amides is 1. The molecule has 1 amide bonds. The molecule has 1 unspecified atom stereocenters. The van der Waals surface area contributed by atoms with Crippen molar-refractivity contribution in [3.63, 3.8) is 0 Å². The fourth-order valence-corrected chi connectivity index (χ4v) is 2.58. The number of carbonyl (C=O) groups is 1. The van der Waals surface area contributed by atoms with Gasteiger partial charge < -0.3 is 9.88 Å². The zero-order valence-electron chi connectivity index (χ0n) is 11.8. The zero-order chi connectivity index (χ0) is 15.0. The van der Waals surface area contributed by atoms with E-state index in [9.17, 15) is 9.18 Å². The largest absolute Gasteiger partial charge is 0.353 e. The number of para-hydroxylation sites is 1. The molecule has 112 valence electrons. The lowest BCUT2D eigenvalue weighted by atomic mass is 10.3. The van der Waals surface area contributed by atoms with Crippen LogP contribution in [0.5, 0.6) is 0 Å². The summed E-state index contributed by atoms with van der Waals surface area (Å²) >= 11 is 6.14. The Kier molecular flexibility index (Phi) is 3.85. The summed E-state index contributed by atoms with van der Waals surface area (Å²) in [6.45, 7) is 2.24. The first kappa shape index (κ1) is 14.3. The highest BCUT2D eigenvalue weighted by atomic mass is 35.5. The maximum Gasteiger partial charge on any atom is 0.222 e. The SMILES string of the molecule is CC(Cl)c1nc2c(F)cccc2n1CCC(=O)NC1CC1. The number of benzene rings is 1. The second-order valence-corrected chi connectivity index (χ2v) is 6.09. The van der Waals surface area contributed by atoms with Crippen molar-refractivity contribution in [3.05, 3.63) is 29.8 Å². The predicted octanol–water partition coefficient (Wildman–Crippen LogP) is 3.14. The second kappa shape index (κ2) is 5.64. The average Bonchev–Trinajstić information content (AvgIpc) is 3.15. The number of alkyl halides is 1. The van der Waals surface area contributed by atoms with Crippen molar-refractivity contribution in [2.45, 2.75) is 44.1 Å². The molecule has 1 aliphatic rings. The Morgan fingerprint density at radius 2 is 2.33 bits per heavy atom. The third-order valence-corrected chi connectivity index (χ3v) is 3.82. The number of nitrogens with one attached hydrogen (secondary N) is 1. The normalized spacial score (nSPS) is 16.1. The van der Waals surface area contributed by atoms with Crippen LogP contribution in [0.2, 0.25) is 0 Å². The minimum atomic E-state index is -0.368. The molecule has 0 radical (unpaired) electrons. The fraction of sp³-hybridized carbons (Fsp3) is 0.467. The van der Waals surface area contributed by atoms with E-state index in [0.29, 0.717) is 35.9 Å². The van der Waals surface area contributed by atoms with E-state index in [0.717, 1.165) is 12.8 Å². The summed E-state index contributed by atoms with van der Waals surface area (Å²) < 4.78 is 15.7. The second-order valence-electron chi connectivity index (χ2n) is 5.44. The number of rotatable bonds is 5. The van der Waals surface area contributed by atoms with Gasteiger partial charge in [0.15, 0.2) is 5.82 Å². The van der Waals surface area contributed by atoms with Crippen LogP contribution < -0.4 is 5.32 Å². The van der Waals surface area contributed by atoms with Crippen molar-refractivity contribution < 1.29 is 9.18 Å². The quantitative estimate of drug-likeness (QED) is 0.863. The minimum absolute atomic E-state index is 0.0175. The Balaban J connectivity index is 1.86. The lowest BCUT2D eigenvalue weighted by Crippen LogP contribution is -2.26. The first-order valence-electron chi connectivity index (χ1n) is 7.14. The molecule has 4 nitrogen and oxygen atoms in total. The maximum atomic E-state index is 13.8. The van der Waals surface area contributed by atoms with Crippen LogP contribution >= 0.6 is 11.6 Å². The van der Waals surface area contributed by atoms with Gasteiger partial charge in [0.2, 0.25) is 5.91 Å². The Hall–Kier alpha value is -1.62. The molecule has 1 fully saturated rings. The highest BCUT2D eigenvalue weighted by molar-refractivity contribution is 6.20. The van der Waals surface area contributed by atoms with E-state index in [2.05, 4.69) is 10.3 Å². The topological polar surface area (TPSA) is 46.9 Å². The zero-order valence-corrected chi connectivity index (χ0v) is 12.5. The number of carbonyl (C=O) groups excluding carboxylic acids is 1. The number of nitrogens with zero attached hydrogens (tertiary/aromatic N) is 2. The molecule has 21 heavy (non-hydrogen) atoms. The van der Waals surface area contributed by atoms with Gasteiger partial charge in [-0.15, -0.1) is 11.6 Å². The van der Waals surface area contributed by atoms with Gasteiger partial charge in [0.25, 0.3) is 0 Å². The van der Waals surface area contributed by atoms with Crippen LogP contribution in [-0.2, 0) is 11.3 Å². The van der Waals surface area contributed by atoms with E-state index >= 15 is 0 Å². The Labute approximate surface area is 127 Å². The van der Waals surface area contributed by atoms with E-state index in [4.69, 9.17) is 11.6 Å². The number of halogens is 2. The third-order valence-electron chi connectivity index (χ3n) is 3.62. The molecule has 1 aromatic carbocycles. The van der Waals surface area contributed by atoms with Crippen LogP contribution in [-0.4, -0.2) is 21.5 Å². The molecular formula is C15H17ClFN3O. The third kappa shape index (κ3) is 3.02. The summed E-state index contributed by atoms with van der Waals surface area (Å²) in [7, 11) is 0. The molecule has 1 saturated carbocycles. The lowest BCUT2D eigenvalue weighted by molar-refractivity contribution is -0.121. The van der Waals surface area contributed by atoms with Gasteiger partial charge in [-0.2, -0.15) is 0 Å². The van der Waals surface area contributed by atoms with Gasteiger partial charge in [-0.1, -0.05) is 6.07 Å². The van der Waals surface area contributed by atoms with Gasteiger partial charge in [0, 0.05) is 19.0 Å². The lowest BCUT2D eigenvalue weighted by Gasteiger charge is -2.10. The van der Waals surface area contributed by atoms with Gasteiger partial charge in [0.1, 0.15) is 11.3 Å². The molecular weight excluding hydrogens is 293 g/mol. The molecule has 0 spiro atoms. The Morgan fingerprint density at radius 1 is 1.57 bits per heavy atom. The van der Waals surface area contributed by atoms with Crippen molar-refractivity contribution in [1.29, 1.82) is 0 Å². The molecule has 1 aliphatic carbocycles. The fourth-order valence-electron chi connectivity index (χ4n) is 2.41. The molecule has 0 bridgehead atoms. The van der Waals surface area contributed by atoms with Crippen LogP contribution in [0.15, 0.2) is 18.2 Å². The first-order chi connectivity index (χ1) is 10.1. The smallest absolute Gasteiger partial charge is 0.222 e. The molecule has 0 saturated heterocycles. The monoisotopic (exact) mass is 309 g/mol. The van der Waals surface area contributed by atoms with Gasteiger partial charge in [-0.3, -0.25) is 4.79 Å². The summed E-state index contributed by atoms with van der Waals surface area (Å²) in [6.07, 6.45) is 2.47. The summed E-state index contributed by atoms with van der Waals surface area (Å²) in [4.78, 5) is 16.1. The summed E-state index contributed by atoms with van der Waals surface area (Å²) in [5, 5.41) is 2.60. The minimum Gasteiger partial charge on any atom is -0.353 e. The summed E-state index contributed by atoms with van der Waals surface area (Å²) in [6, 6.07) is 5.17. The highest BCUT2D eigenvalue weighted by Crippen LogP contribution is 2.26. The van der Waals surface area contributed by atoms with Crippen molar-refractivity contribution in [2.24, 2.45) is 0 Å². The summed E-state index contributed by atoms with van der Waals surface area (Å²) in [5.41, 5.74) is 0.985. The van der Waals surface area contributed by atoms with E-state index in [1.54, 1.807) is 19.1 Å². The van der Waals surface area contributed by atoms with E-state index in [-0.39, 0.29) is 17.1 Å². The number of hydrogen-bond acceptors (Lipinski definition) is 2. The van der Waals surface area contributed by atoms with Crippen LogP contribution in [0.1, 0.15) is 37.4 Å². The van der Waals surface area contributed by atoms with Crippen molar-refractivity contribution >= 4 is 28.5 Å². The predicted molar refractivity (Wildman–Crippen MR) is 79.7 cm³/mol. The molecule has 3 rings (SSSR count). The van der Waals surface area contributed by atoms with Crippen LogP contribution in [0.25, 0.3) is 11.0 Å². The van der Waals surface area contributed by atoms with Crippen molar-refractivity contribution in [2.75, 3.05) is 0 Å². The Bertz CT molecular complexity index is 679. The van der Waals surface area contributed by atoms with Gasteiger partial charge in [-0.05, 0) is 31.9 Å². The molecule has 1 aromatic heterocycles. The average molecular weight is 310 g/mol.